The normalized spacial score (nSPS) is 15.5. The Morgan fingerprint density at radius 1 is 1.16 bits per heavy atom. The van der Waals surface area contributed by atoms with Crippen molar-refractivity contribution in [1.29, 1.82) is 0 Å². The average Bonchev–Trinajstić information content (AvgIpc) is 2.77. The van der Waals surface area contributed by atoms with Gasteiger partial charge in [-0.1, -0.05) is 31.2 Å². The van der Waals surface area contributed by atoms with E-state index in [-0.39, 0.29) is 18.3 Å². The summed E-state index contributed by atoms with van der Waals surface area (Å²) in [5.41, 5.74) is -0.233. The van der Waals surface area contributed by atoms with E-state index >= 15 is 0 Å². The van der Waals surface area contributed by atoms with Gasteiger partial charge in [0.05, 0.1) is 18.4 Å². The third kappa shape index (κ3) is 5.91. The van der Waals surface area contributed by atoms with Crippen molar-refractivity contribution in [3.8, 4) is 5.75 Å². The Morgan fingerprint density at radius 3 is 2.52 bits per heavy atom. The number of halogens is 3. The number of carbonyl (C=O) groups excluding carboxylic acids is 1. The fourth-order valence-corrected chi connectivity index (χ4v) is 3.91. The van der Waals surface area contributed by atoms with Gasteiger partial charge in [-0.25, -0.2) is 4.79 Å². The number of nitrogens with one attached hydrogen (secondary N) is 1. The molecule has 1 saturated heterocycles. The predicted octanol–water partition coefficient (Wildman–Crippen LogP) is 5.23. The summed E-state index contributed by atoms with van der Waals surface area (Å²) in [6, 6.07) is 11.8. The molecule has 1 fully saturated rings. The van der Waals surface area contributed by atoms with E-state index in [2.05, 4.69) is 17.1 Å². The number of hydrogen-bond acceptors (Lipinski definition) is 3. The van der Waals surface area contributed by atoms with E-state index in [0.29, 0.717) is 5.75 Å². The number of anilines is 1. The van der Waals surface area contributed by atoms with Gasteiger partial charge in [0.2, 0.25) is 0 Å². The molecule has 1 N–H and O–H groups in total. The van der Waals surface area contributed by atoms with Crippen LogP contribution in [0, 0.1) is 0 Å². The first-order valence-electron chi connectivity index (χ1n) is 10.4. The Balaban J connectivity index is 1.84. The Bertz CT molecular complexity index is 880. The standard InChI is InChI=1S/C23H28F3N3O2/c1-3-28-13-11-18(12-14-28)29(16-17-7-6-8-19(15-17)31-2)22(30)27-21-10-5-4-9-20(21)23(24,25)26/h4-10,15,18H,3,11-14,16H2,1-2H3,(H,27,30). The van der Waals surface area contributed by atoms with Crippen LogP contribution >= 0.6 is 0 Å². The molecule has 1 heterocycles. The zero-order chi connectivity index (χ0) is 22.4. The predicted molar refractivity (Wildman–Crippen MR) is 114 cm³/mol. The minimum atomic E-state index is -4.55. The first-order valence-corrected chi connectivity index (χ1v) is 10.4. The smallest absolute Gasteiger partial charge is 0.418 e. The number of carbonyl (C=O) groups is 1. The minimum absolute atomic E-state index is 0.0629. The molecule has 8 heteroatoms. The Morgan fingerprint density at radius 2 is 1.87 bits per heavy atom. The molecule has 0 bridgehead atoms. The van der Waals surface area contributed by atoms with Crippen molar-refractivity contribution in [3.63, 3.8) is 0 Å². The second-order valence-electron chi connectivity index (χ2n) is 7.62. The number of methoxy groups -OCH3 is 1. The van der Waals surface area contributed by atoms with Gasteiger partial charge in [-0.2, -0.15) is 13.2 Å². The molecule has 0 atom stereocenters. The third-order valence-corrected chi connectivity index (χ3v) is 5.67. The highest BCUT2D eigenvalue weighted by molar-refractivity contribution is 5.90. The fraction of sp³-hybridized carbons (Fsp3) is 0.435. The fourth-order valence-electron chi connectivity index (χ4n) is 3.91. The maximum absolute atomic E-state index is 13.4. The van der Waals surface area contributed by atoms with Gasteiger partial charge in [-0.05, 0) is 49.2 Å². The van der Waals surface area contributed by atoms with Crippen LogP contribution in [0.4, 0.5) is 23.7 Å². The number of urea groups is 1. The monoisotopic (exact) mass is 435 g/mol. The quantitative estimate of drug-likeness (QED) is 0.676. The molecule has 2 aromatic carbocycles. The lowest BCUT2D eigenvalue weighted by atomic mass is 10.0. The van der Waals surface area contributed by atoms with Crippen LogP contribution < -0.4 is 10.1 Å². The third-order valence-electron chi connectivity index (χ3n) is 5.67. The first-order chi connectivity index (χ1) is 14.8. The van der Waals surface area contributed by atoms with E-state index in [1.807, 2.05) is 24.3 Å². The summed E-state index contributed by atoms with van der Waals surface area (Å²) in [4.78, 5) is 17.2. The molecule has 2 aromatic rings. The number of likely N-dealkylation sites (tertiary alicyclic amines) is 1. The summed E-state index contributed by atoms with van der Waals surface area (Å²) >= 11 is 0. The Labute approximate surface area is 180 Å². The minimum Gasteiger partial charge on any atom is -0.497 e. The highest BCUT2D eigenvalue weighted by atomic mass is 19.4. The van der Waals surface area contributed by atoms with E-state index in [1.54, 1.807) is 12.0 Å². The maximum atomic E-state index is 13.4. The van der Waals surface area contributed by atoms with Gasteiger partial charge >= 0.3 is 12.2 Å². The van der Waals surface area contributed by atoms with Crippen LogP contribution in [-0.2, 0) is 12.7 Å². The van der Waals surface area contributed by atoms with Crippen LogP contribution in [0.25, 0.3) is 0 Å². The number of hydrogen-bond donors (Lipinski definition) is 1. The summed E-state index contributed by atoms with van der Waals surface area (Å²) in [6.45, 7) is 5.02. The molecule has 0 spiro atoms. The lowest BCUT2D eigenvalue weighted by Crippen LogP contribution is -2.48. The molecule has 1 aliphatic heterocycles. The average molecular weight is 435 g/mol. The van der Waals surface area contributed by atoms with Crippen LogP contribution in [0.2, 0.25) is 0 Å². The molecule has 2 amide bonds. The van der Waals surface area contributed by atoms with Crippen LogP contribution in [-0.4, -0.2) is 48.6 Å². The second kappa shape index (κ2) is 10.0. The van der Waals surface area contributed by atoms with Crippen LogP contribution in [0.5, 0.6) is 5.75 Å². The topological polar surface area (TPSA) is 44.8 Å². The highest BCUT2D eigenvalue weighted by Gasteiger charge is 2.35. The van der Waals surface area contributed by atoms with Crippen molar-refractivity contribution in [2.45, 2.75) is 38.5 Å². The SMILES string of the molecule is CCN1CCC(N(Cc2cccc(OC)c2)C(=O)Nc2ccccc2C(F)(F)F)CC1. The molecule has 1 aliphatic rings. The summed E-state index contributed by atoms with van der Waals surface area (Å²) in [7, 11) is 1.57. The Kier molecular flexibility index (Phi) is 7.43. The molecular formula is C23H28F3N3O2. The van der Waals surface area contributed by atoms with E-state index in [0.717, 1.165) is 44.1 Å². The molecule has 5 nitrogen and oxygen atoms in total. The highest BCUT2D eigenvalue weighted by Crippen LogP contribution is 2.35. The molecule has 0 aromatic heterocycles. The largest absolute Gasteiger partial charge is 0.497 e. The molecule has 3 rings (SSSR count). The first kappa shape index (κ1) is 22.9. The van der Waals surface area contributed by atoms with Gasteiger partial charge < -0.3 is 19.9 Å². The Hall–Kier alpha value is -2.74. The number of para-hydroxylation sites is 1. The number of alkyl halides is 3. The zero-order valence-electron chi connectivity index (χ0n) is 17.8. The van der Waals surface area contributed by atoms with Crippen molar-refractivity contribution >= 4 is 11.7 Å². The molecule has 0 radical (unpaired) electrons. The van der Waals surface area contributed by atoms with Crippen molar-refractivity contribution in [1.82, 2.24) is 9.80 Å². The van der Waals surface area contributed by atoms with Crippen molar-refractivity contribution in [3.05, 3.63) is 59.7 Å². The van der Waals surface area contributed by atoms with Crippen LogP contribution in [0.1, 0.15) is 30.9 Å². The number of piperidine rings is 1. The van der Waals surface area contributed by atoms with Gasteiger partial charge in [0.15, 0.2) is 0 Å². The zero-order valence-corrected chi connectivity index (χ0v) is 17.8. The molecular weight excluding hydrogens is 407 g/mol. The van der Waals surface area contributed by atoms with E-state index in [4.69, 9.17) is 4.74 Å². The molecule has 168 valence electrons. The van der Waals surface area contributed by atoms with Crippen LogP contribution in [0.3, 0.4) is 0 Å². The molecule has 31 heavy (non-hydrogen) atoms. The molecule has 0 aliphatic carbocycles. The summed E-state index contributed by atoms with van der Waals surface area (Å²) in [6.07, 6.45) is -3.01. The van der Waals surface area contributed by atoms with Crippen LogP contribution in [0.15, 0.2) is 48.5 Å². The number of nitrogens with zero attached hydrogens (tertiary/aromatic N) is 2. The van der Waals surface area contributed by atoms with E-state index < -0.39 is 17.8 Å². The molecule has 0 unspecified atom stereocenters. The van der Waals surface area contributed by atoms with Gasteiger partial charge in [0.1, 0.15) is 5.75 Å². The van der Waals surface area contributed by atoms with Crippen molar-refractivity contribution < 1.29 is 22.7 Å². The summed E-state index contributed by atoms with van der Waals surface area (Å²) < 4.78 is 45.4. The van der Waals surface area contributed by atoms with Gasteiger partial charge in [-0.15, -0.1) is 0 Å². The lowest BCUT2D eigenvalue weighted by Gasteiger charge is -2.38. The maximum Gasteiger partial charge on any atom is 0.418 e. The van der Waals surface area contributed by atoms with Crippen molar-refractivity contribution in [2.75, 3.05) is 32.1 Å². The number of amides is 2. The lowest BCUT2D eigenvalue weighted by molar-refractivity contribution is -0.136. The van der Waals surface area contributed by atoms with E-state index in [9.17, 15) is 18.0 Å². The summed E-state index contributed by atoms with van der Waals surface area (Å²) in [5, 5.41) is 2.51. The molecule has 0 saturated carbocycles. The number of rotatable bonds is 6. The van der Waals surface area contributed by atoms with E-state index in [1.165, 1.54) is 18.2 Å². The van der Waals surface area contributed by atoms with Gasteiger partial charge in [0.25, 0.3) is 0 Å². The second-order valence-corrected chi connectivity index (χ2v) is 7.62. The summed E-state index contributed by atoms with van der Waals surface area (Å²) in [5.74, 6) is 0.668. The number of ether oxygens (including phenoxy) is 1. The van der Waals surface area contributed by atoms with Gasteiger partial charge in [-0.3, -0.25) is 0 Å². The number of benzene rings is 2. The van der Waals surface area contributed by atoms with Crippen molar-refractivity contribution in [2.24, 2.45) is 0 Å². The van der Waals surface area contributed by atoms with Gasteiger partial charge in [0, 0.05) is 25.7 Å².